The molecule has 0 spiro atoms. The molecule has 9 heteroatoms. The highest BCUT2D eigenvalue weighted by Crippen LogP contribution is 2.49. The van der Waals surface area contributed by atoms with Gasteiger partial charge in [0.2, 0.25) is 0 Å². The van der Waals surface area contributed by atoms with Crippen molar-refractivity contribution >= 4 is 35.3 Å². The van der Waals surface area contributed by atoms with Crippen molar-refractivity contribution in [3.8, 4) is 11.3 Å². The number of carbonyl (C=O) groups excluding carboxylic acids is 2. The van der Waals surface area contributed by atoms with E-state index in [4.69, 9.17) is 16.0 Å². The molecule has 6 rings (SSSR count). The van der Waals surface area contributed by atoms with Crippen molar-refractivity contribution in [2.75, 3.05) is 0 Å². The molecule has 1 aromatic carbocycles. The summed E-state index contributed by atoms with van der Waals surface area (Å²) >= 11 is 5.85. The quantitative estimate of drug-likeness (QED) is 0.241. The van der Waals surface area contributed by atoms with E-state index in [1.165, 1.54) is 24.4 Å². The number of hydrogen-bond donors (Lipinski definition) is 0. The van der Waals surface area contributed by atoms with Crippen LogP contribution in [0.5, 0.6) is 0 Å². The maximum absolute atomic E-state index is 12.8. The van der Waals surface area contributed by atoms with Gasteiger partial charge >= 0.3 is 0 Å². The van der Waals surface area contributed by atoms with Gasteiger partial charge in [-0.15, -0.1) is 0 Å². The number of nitro groups is 1. The molecule has 3 aliphatic carbocycles. The summed E-state index contributed by atoms with van der Waals surface area (Å²) in [6, 6.07) is 7.42. The first-order chi connectivity index (χ1) is 14.4. The van der Waals surface area contributed by atoms with Crippen LogP contribution in [0.15, 0.2) is 52.0 Å². The molecule has 152 valence electrons. The van der Waals surface area contributed by atoms with Gasteiger partial charge in [0.1, 0.15) is 11.5 Å². The van der Waals surface area contributed by atoms with Gasteiger partial charge in [-0.05, 0) is 48.9 Å². The summed E-state index contributed by atoms with van der Waals surface area (Å²) in [5, 5.41) is 16.6. The number of imide groups is 1. The molecule has 2 amide bonds. The van der Waals surface area contributed by atoms with Crippen LogP contribution in [0.25, 0.3) is 11.3 Å². The van der Waals surface area contributed by atoms with Crippen LogP contribution >= 0.6 is 11.6 Å². The van der Waals surface area contributed by atoms with Crippen LogP contribution < -0.4 is 0 Å². The van der Waals surface area contributed by atoms with Crippen molar-refractivity contribution in [2.24, 2.45) is 28.8 Å². The molecular weight excluding hydrogens is 410 g/mol. The number of nitro benzene ring substituents is 1. The fourth-order valence-electron chi connectivity index (χ4n) is 4.72. The second-order valence-corrected chi connectivity index (χ2v) is 8.13. The van der Waals surface area contributed by atoms with Crippen LogP contribution in [0, 0.1) is 33.8 Å². The summed E-state index contributed by atoms with van der Waals surface area (Å²) in [4.78, 5) is 36.3. The Morgan fingerprint density at radius 1 is 1.10 bits per heavy atom. The Balaban J connectivity index is 1.40. The number of rotatable bonds is 4. The molecule has 0 unspecified atom stereocenters. The van der Waals surface area contributed by atoms with E-state index in [1.807, 2.05) is 12.2 Å². The Hall–Kier alpha value is -3.26. The van der Waals surface area contributed by atoms with E-state index < -0.39 is 4.92 Å². The summed E-state index contributed by atoms with van der Waals surface area (Å²) < 4.78 is 5.65. The van der Waals surface area contributed by atoms with Crippen LogP contribution in [-0.4, -0.2) is 28.0 Å². The topological polar surface area (TPSA) is 106 Å². The van der Waals surface area contributed by atoms with E-state index in [2.05, 4.69) is 5.10 Å². The van der Waals surface area contributed by atoms with Crippen molar-refractivity contribution in [3.63, 3.8) is 0 Å². The zero-order valence-corrected chi connectivity index (χ0v) is 16.4. The monoisotopic (exact) mass is 425 g/mol. The number of fused-ring (bicyclic) bond motifs is 1. The fourth-order valence-corrected chi connectivity index (χ4v) is 4.88. The molecule has 1 saturated heterocycles. The third kappa shape index (κ3) is 2.87. The number of hydrogen-bond acceptors (Lipinski definition) is 6. The van der Waals surface area contributed by atoms with E-state index in [-0.39, 0.29) is 63.3 Å². The van der Waals surface area contributed by atoms with Crippen molar-refractivity contribution in [1.82, 2.24) is 5.01 Å². The van der Waals surface area contributed by atoms with Gasteiger partial charge in [0.15, 0.2) is 0 Å². The van der Waals surface area contributed by atoms with Gasteiger partial charge in [0.25, 0.3) is 17.5 Å². The molecule has 2 heterocycles. The Kier molecular flexibility index (Phi) is 4.32. The number of furan rings is 1. The van der Waals surface area contributed by atoms with Crippen LogP contribution in [0.3, 0.4) is 0 Å². The standard InChI is InChI=1S/C21H16ClN3O5/c22-13-5-7-15(16(9-13)25(28)29)17-8-6-14(30-17)10-23-24-20(26)18-11-1-2-12(4-3-11)19(18)21(24)27/h1-2,5-12,18-19H,3-4H2/b23-10-/t11-,12+,18-,19-/m0/s1. The average Bonchev–Trinajstić information content (AvgIpc) is 3.31. The molecule has 1 saturated carbocycles. The third-order valence-corrected chi connectivity index (χ3v) is 6.32. The predicted molar refractivity (Wildman–Crippen MR) is 108 cm³/mol. The molecular formula is C21H16ClN3O5. The highest BCUT2D eigenvalue weighted by Gasteiger charge is 2.56. The van der Waals surface area contributed by atoms with Gasteiger partial charge in [0, 0.05) is 11.1 Å². The number of benzene rings is 1. The number of carbonyl (C=O) groups is 2. The fraction of sp³-hybridized carbons (Fsp3) is 0.286. The minimum atomic E-state index is -0.539. The Morgan fingerprint density at radius 2 is 1.77 bits per heavy atom. The van der Waals surface area contributed by atoms with Gasteiger partial charge in [0.05, 0.1) is 28.5 Å². The van der Waals surface area contributed by atoms with Gasteiger partial charge in [-0.1, -0.05) is 23.8 Å². The maximum atomic E-state index is 12.8. The molecule has 0 radical (unpaired) electrons. The molecule has 2 aromatic rings. The normalized spacial score (nSPS) is 27.3. The van der Waals surface area contributed by atoms with Crippen LogP contribution in [0.2, 0.25) is 5.02 Å². The second-order valence-electron chi connectivity index (χ2n) is 7.69. The number of hydrazone groups is 1. The Morgan fingerprint density at radius 3 is 2.37 bits per heavy atom. The molecule has 8 nitrogen and oxygen atoms in total. The number of nitrogens with zero attached hydrogens (tertiary/aromatic N) is 3. The lowest BCUT2D eigenvalue weighted by atomic mass is 9.63. The zero-order valence-electron chi connectivity index (χ0n) is 15.6. The third-order valence-electron chi connectivity index (χ3n) is 6.09. The van der Waals surface area contributed by atoms with Crippen LogP contribution in [-0.2, 0) is 9.59 Å². The van der Waals surface area contributed by atoms with Crippen LogP contribution in [0.4, 0.5) is 5.69 Å². The molecule has 1 aromatic heterocycles. The summed E-state index contributed by atoms with van der Waals surface area (Å²) in [6.07, 6.45) is 7.21. The Labute approximate surface area is 175 Å². The minimum absolute atomic E-state index is 0.0947. The van der Waals surface area contributed by atoms with Crippen molar-refractivity contribution in [1.29, 1.82) is 0 Å². The largest absolute Gasteiger partial charge is 0.455 e. The van der Waals surface area contributed by atoms with E-state index in [9.17, 15) is 19.7 Å². The Bertz CT molecular complexity index is 1110. The zero-order chi connectivity index (χ0) is 21.0. The van der Waals surface area contributed by atoms with Crippen molar-refractivity contribution in [3.05, 3.63) is 63.4 Å². The van der Waals surface area contributed by atoms with Crippen molar-refractivity contribution in [2.45, 2.75) is 12.8 Å². The second kappa shape index (κ2) is 6.91. The lowest BCUT2D eigenvalue weighted by Crippen LogP contribution is -2.38. The van der Waals surface area contributed by atoms with Crippen LogP contribution in [0.1, 0.15) is 18.6 Å². The maximum Gasteiger partial charge on any atom is 0.281 e. The van der Waals surface area contributed by atoms with E-state index >= 15 is 0 Å². The van der Waals surface area contributed by atoms with E-state index in [0.29, 0.717) is 0 Å². The smallest absolute Gasteiger partial charge is 0.281 e. The minimum Gasteiger partial charge on any atom is -0.455 e. The number of halogens is 1. The van der Waals surface area contributed by atoms with E-state index in [0.717, 1.165) is 17.9 Å². The van der Waals surface area contributed by atoms with Gasteiger partial charge in [-0.25, -0.2) is 0 Å². The summed E-state index contributed by atoms with van der Waals surface area (Å²) in [6.45, 7) is 0. The lowest BCUT2D eigenvalue weighted by molar-refractivity contribution is -0.384. The highest BCUT2D eigenvalue weighted by molar-refractivity contribution is 6.30. The summed E-state index contributed by atoms with van der Waals surface area (Å²) in [5.74, 6) is -0.499. The van der Waals surface area contributed by atoms with Gasteiger partial charge in [-0.3, -0.25) is 19.7 Å². The van der Waals surface area contributed by atoms with E-state index in [1.54, 1.807) is 12.1 Å². The molecule has 30 heavy (non-hydrogen) atoms. The number of amides is 2. The highest BCUT2D eigenvalue weighted by atomic mass is 35.5. The summed E-state index contributed by atoms with van der Waals surface area (Å²) in [5.41, 5.74) is 0.0864. The molecule has 2 fully saturated rings. The van der Waals surface area contributed by atoms with Gasteiger partial charge in [-0.2, -0.15) is 10.1 Å². The van der Waals surface area contributed by atoms with Crippen molar-refractivity contribution < 1.29 is 18.9 Å². The lowest BCUT2D eigenvalue weighted by Gasteiger charge is -2.37. The molecule has 1 aliphatic heterocycles. The van der Waals surface area contributed by atoms with Gasteiger partial charge < -0.3 is 4.42 Å². The summed E-state index contributed by atoms with van der Waals surface area (Å²) in [7, 11) is 0. The first-order valence-electron chi connectivity index (χ1n) is 9.58. The SMILES string of the molecule is O=C1[C@@H]2[C@@H](C(=O)N1/N=C\c1ccc(-c3ccc(Cl)cc3[N+](=O)[O-])o1)[C@H]1C=C[C@@H]2CC1. The first kappa shape index (κ1) is 18.7. The molecule has 2 bridgehead atoms. The predicted octanol–water partition coefficient (Wildman–Crippen LogP) is 4.04. The average molecular weight is 426 g/mol. The molecule has 4 aliphatic rings. The molecule has 0 N–H and O–H groups in total. The molecule has 4 atom stereocenters. The number of allylic oxidation sites excluding steroid dienone is 2. The first-order valence-corrected chi connectivity index (χ1v) is 9.96.